The monoisotopic (exact) mass is 294 g/mol. The van der Waals surface area contributed by atoms with Crippen LogP contribution >= 0.6 is 0 Å². The van der Waals surface area contributed by atoms with Crippen molar-refractivity contribution in [2.45, 2.75) is 19.9 Å². The fourth-order valence-electron chi connectivity index (χ4n) is 2.38. The van der Waals surface area contributed by atoms with Gasteiger partial charge in [0.05, 0.1) is 18.7 Å². The molecule has 4 nitrogen and oxygen atoms in total. The third-order valence-corrected chi connectivity index (χ3v) is 3.34. The molecule has 1 unspecified atom stereocenters. The van der Waals surface area contributed by atoms with E-state index < -0.39 is 6.04 Å². The summed E-state index contributed by atoms with van der Waals surface area (Å²) >= 11 is 0. The summed E-state index contributed by atoms with van der Waals surface area (Å²) in [5.41, 5.74) is 4.37. The molecule has 0 aliphatic rings. The molecule has 1 atom stereocenters. The molecule has 1 N–H and O–H groups in total. The van der Waals surface area contributed by atoms with Crippen LogP contribution in [0.4, 0.5) is 5.69 Å². The Kier molecular flexibility index (Phi) is 4.80. The summed E-state index contributed by atoms with van der Waals surface area (Å²) in [6.07, 6.45) is 0. The Morgan fingerprint density at radius 3 is 2.23 bits per heavy atom. The van der Waals surface area contributed by atoms with E-state index in [2.05, 4.69) is 17.5 Å². The predicted octanol–water partition coefficient (Wildman–Crippen LogP) is 3.50. The molecule has 22 heavy (non-hydrogen) atoms. The average molecular weight is 294 g/mol. The van der Waals surface area contributed by atoms with E-state index in [9.17, 15) is 4.79 Å². The number of esters is 1. The summed E-state index contributed by atoms with van der Waals surface area (Å²) in [5.74, 6) is -0.352. The molecule has 2 aromatic carbocycles. The number of carbonyl (C=O) groups is 1. The number of anilines is 1. The molecule has 0 heterocycles. The van der Waals surface area contributed by atoms with Gasteiger partial charge in [0.2, 0.25) is 0 Å². The average Bonchev–Trinajstić information content (AvgIpc) is 2.51. The van der Waals surface area contributed by atoms with Gasteiger partial charge in [-0.15, -0.1) is 0 Å². The number of hydrogen-bond donors (Lipinski definition) is 1. The molecule has 0 aromatic heterocycles. The lowest BCUT2D eigenvalue weighted by molar-refractivity contribution is -0.141. The van der Waals surface area contributed by atoms with E-state index >= 15 is 0 Å². The Labute approximate surface area is 130 Å². The number of benzene rings is 2. The van der Waals surface area contributed by atoms with Crippen LogP contribution in [-0.2, 0) is 9.53 Å². The van der Waals surface area contributed by atoms with Crippen LogP contribution in [0.5, 0.6) is 0 Å². The third kappa shape index (κ3) is 3.64. The zero-order chi connectivity index (χ0) is 16.1. The van der Waals surface area contributed by atoms with E-state index in [1.165, 1.54) is 7.11 Å². The Hall–Kier alpha value is -2.80. The van der Waals surface area contributed by atoms with Gasteiger partial charge < -0.3 is 10.1 Å². The SMILES string of the molecule is COC(=O)C(Nc1ccc(C#N)cc1)c1cc(C)cc(C)c1. The van der Waals surface area contributed by atoms with Gasteiger partial charge in [-0.25, -0.2) is 4.79 Å². The molecule has 0 spiro atoms. The molecule has 2 rings (SSSR count). The summed E-state index contributed by atoms with van der Waals surface area (Å²) in [6, 6.07) is 14.4. The highest BCUT2D eigenvalue weighted by molar-refractivity contribution is 5.81. The van der Waals surface area contributed by atoms with Crippen molar-refractivity contribution >= 4 is 11.7 Å². The number of nitrogens with zero attached hydrogens (tertiary/aromatic N) is 1. The molecule has 0 aliphatic heterocycles. The number of hydrogen-bond acceptors (Lipinski definition) is 4. The number of rotatable bonds is 4. The van der Waals surface area contributed by atoms with Crippen molar-refractivity contribution in [3.05, 3.63) is 64.7 Å². The van der Waals surface area contributed by atoms with Crippen molar-refractivity contribution in [1.82, 2.24) is 0 Å². The van der Waals surface area contributed by atoms with Crippen molar-refractivity contribution in [2.24, 2.45) is 0 Å². The van der Waals surface area contributed by atoms with Crippen LogP contribution < -0.4 is 5.32 Å². The summed E-state index contributed by atoms with van der Waals surface area (Å²) < 4.78 is 4.91. The second kappa shape index (κ2) is 6.77. The Balaban J connectivity index is 2.33. The predicted molar refractivity (Wildman–Crippen MR) is 85.5 cm³/mol. The van der Waals surface area contributed by atoms with Crippen molar-refractivity contribution in [1.29, 1.82) is 5.26 Å². The quantitative estimate of drug-likeness (QED) is 0.877. The Morgan fingerprint density at radius 1 is 1.14 bits per heavy atom. The standard InChI is InChI=1S/C18H18N2O2/c1-12-8-13(2)10-15(9-12)17(18(21)22-3)20-16-6-4-14(11-19)5-7-16/h4-10,17,20H,1-3H3. The summed E-state index contributed by atoms with van der Waals surface area (Å²) in [4.78, 5) is 12.1. The lowest BCUT2D eigenvalue weighted by atomic mass is 10.0. The molecule has 0 aliphatic carbocycles. The lowest BCUT2D eigenvalue weighted by Gasteiger charge is -2.19. The number of nitriles is 1. The largest absolute Gasteiger partial charge is 0.467 e. The van der Waals surface area contributed by atoms with Crippen molar-refractivity contribution < 1.29 is 9.53 Å². The zero-order valence-electron chi connectivity index (χ0n) is 12.9. The molecule has 0 bridgehead atoms. The van der Waals surface area contributed by atoms with Crippen molar-refractivity contribution in [3.63, 3.8) is 0 Å². The first kappa shape index (κ1) is 15.6. The first-order valence-electron chi connectivity index (χ1n) is 6.96. The molecule has 0 saturated heterocycles. The fraction of sp³-hybridized carbons (Fsp3) is 0.222. The third-order valence-electron chi connectivity index (χ3n) is 3.34. The lowest BCUT2D eigenvalue weighted by Crippen LogP contribution is -2.22. The molecule has 0 radical (unpaired) electrons. The van der Waals surface area contributed by atoms with Gasteiger partial charge in [0.25, 0.3) is 0 Å². The van der Waals surface area contributed by atoms with Crippen LogP contribution in [0.3, 0.4) is 0 Å². The van der Waals surface area contributed by atoms with Gasteiger partial charge in [-0.2, -0.15) is 5.26 Å². The highest BCUT2D eigenvalue weighted by Gasteiger charge is 2.21. The minimum absolute atomic E-state index is 0.352. The molecular formula is C18H18N2O2. The maximum absolute atomic E-state index is 12.1. The Morgan fingerprint density at radius 2 is 1.73 bits per heavy atom. The van der Waals surface area contributed by atoms with E-state index in [0.717, 1.165) is 22.4 Å². The maximum Gasteiger partial charge on any atom is 0.332 e. The first-order chi connectivity index (χ1) is 10.5. The second-order valence-corrected chi connectivity index (χ2v) is 5.21. The number of methoxy groups -OCH3 is 1. The molecule has 112 valence electrons. The van der Waals surface area contributed by atoms with E-state index in [-0.39, 0.29) is 5.97 Å². The molecule has 2 aromatic rings. The number of ether oxygens (including phenoxy) is 1. The number of aryl methyl sites for hydroxylation is 2. The van der Waals surface area contributed by atoms with Gasteiger partial charge in [0.1, 0.15) is 0 Å². The summed E-state index contributed by atoms with van der Waals surface area (Å²) in [5, 5.41) is 12.0. The minimum Gasteiger partial charge on any atom is -0.467 e. The van der Waals surface area contributed by atoms with Crippen LogP contribution in [0.25, 0.3) is 0 Å². The first-order valence-corrected chi connectivity index (χ1v) is 6.96. The highest BCUT2D eigenvalue weighted by Crippen LogP contribution is 2.23. The Bertz CT molecular complexity index is 695. The molecule has 0 amide bonds. The topological polar surface area (TPSA) is 62.1 Å². The van der Waals surface area contributed by atoms with Crippen LogP contribution in [0.1, 0.15) is 28.3 Å². The van der Waals surface area contributed by atoms with Crippen molar-refractivity contribution in [3.8, 4) is 6.07 Å². The highest BCUT2D eigenvalue weighted by atomic mass is 16.5. The number of carbonyl (C=O) groups excluding carboxylic acids is 1. The van der Waals surface area contributed by atoms with E-state index in [1.54, 1.807) is 24.3 Å². The van der Waals surface area contributed by atoms with Gasteiger partial charge in [0, 0.05) is 5.69 Å². The molecular weight excluding hydrogens is 276 g/mol. The zero-order valence-corrected chi connectivity index (χ0v) is 12.9. The molecule has 0 saturated carbocycles. The van der Waals surface area contributed by atoms with Crippen molar-refractivity contribution in [2.75, 3.05) is 12.4 Å². The van der Waals surface area contributed by atoms with E-state index in [1.807, 2.05) is 26.0 Å². The smallest absolute Gasteiger partial charge is 0.332 e. The molecule has 0 fully saturated rings. The van der Waals surface area contributed by atoms with Crippen LogP contribution in [0.2, 0.25) is 0 Å². The normalized spacial score (nSPS) is 11.4. The van der Waals surface area contributed by atoms with E-state index in [0.29, 0.717) is 5.56 Å². The van der Waals surface area contributed by atoms with E-state index in [4.69, 9.17) is 10.00 Å². The van der Waals surface area contributed by atoms with Crippen LogP contribution in [-0.4, -0.2) is 13.1 Å². The van der Waals surface area contributed by atoms with Gasteiger partial charge in [-0.1, -0.05) is 29.3 Å². The van der Waals surface area contributed by atoms with Gasteiger partial charge in [-0.05, 0) is 43.7 Å². The fourth-order valence-corrected chi connectivity index (χ4v) is 2.38. The maximum atomic E-state index is 12.1. The minimum atomic E-state index is -0.587. The summed E-state index contributed by atoms with van der Waals surface area (Å²) in [7, 11) is 1.37. The molecule has 4 heteroatoms. The van der Waals surface area contributed by atoms with Gasteiger partial charge in [-0.3, -0.25) is 0 Å². The van der Waals surface area contributed by atoms with Gasteiger partial charge in [0.15, 0.2) is 6.04 Å². The number of nitrogens with one attached hydrogen (secondary N) is 1. The second-order valence-electron chi connectivity index (χ2n) is 5.21. The van der Waals surface area contributed by atoms with Gasteiger partial charge >= 0.3 is 5.97 Å². The van der Waals surface area contributed by atoms with Crippen LogP contribution in [0.15, 0.2) is 42.5 Å². The van der Waals surface area contributed by atoms with Crippen LogP contribution in [0, 0.1) is 25.2 Å². The summed E-state index contributed by atoms with van der Waals surface area (Å²) in [6.45, 7) is 3.99.